The Balaban J connectivity index is 2.63. The minimum Gasteiger partial charge on any atom is -0.380 e. The average Bonchev–Trinajstić information content (AvgIpc) is 2.35. The maximum Gasteiger partial charge on any atom is 0.224 e. The Kier molecular flexibility index (Phi) is 6.32. The van der Waals surface area contributed by atoms with Crippen molar-refractivity contribution >= 4 is 11.8 Å². The highest BCUT2D eigenvalue weighted by molar-refractivity contribution is 5.42. The largest absolute Gasteiger partial charge is 0.380 e. The van der Waals surface area contributed by atoms with E-state index in [-0.39, 0.29) is 0 Å². The molecule has 0 saturated heterocycles. The Hall–Kier alpha value is -1.36. The third-order valence-corrected chi connectivity index (χ3v) is 2.39. The maximum absolute atomic E-state index is 5.36. The quantitative estimate of drug-likeness (QED) is 0.699. The van der Waals surface area contributed by atoms with Crippen LogP contribution < -0.4 is 10.2 Å². The molecule has 0 aliphatic rings. The summed E-state index contributed by atoms with van der Waals surface area (Å²) in [7, 11) is 0. The molecular formula is C12H22N4O. The Labute approximate surface area is 103 Å². The van der Waals surface area contributed by atoms with E-state index in [2.05, 4.69) is 27.1 Å². The summed E-state index contributed by atoms with van der Waals surface area (Å²) in [5.74, 6) is 1.62. The number of rotatable bonds is 8. The predicted molar refractivity (Wildman–Crippen MR) is 70.6 cm³/mol. The van der Waals surface area contributed by atoms with Crippen molar-refractivity contribution in [1.82, 2.24) is 9.97 Å². The van der Waals surface area contributed by atoms with Gasteiger partial charge < -0.3 is 15.0 Å². The molecule has 1 heterocycles. The van der Waals surface area contributed by atoms with Crippen LogP contribution in [0.1, 0.15) is 20.8 Å². The standard InChI is InChI=1S/C12H22N4O/c1-4-13-12-14-8-7-11(15-12)16(5-2)9-10-17-6-3/h7-8H,4-6,9-10H2,1-3H3,(H,13,14,15). The molecule has 0 aromatic carbocycles. The van der Waals surface area contributed by atoms with Gasteiger partial charge in [-0.25, -0.2) is 4.98 Å². The lowest BCUT2D eigenvalue weighted by Gasteiger charge is -2.21. The van der Waals surface area contributed by atoms with Crippen molar-refractivity contribution in [2.75, 3.05) is 43.1 Å². The second-order valence-corrected chi connectivity index (χ2v) is 3.55. The molecule has 0 bridgehead atoms. The molecule has 0 atom stereocenters. The van der Waals surface area contributed by atoms with E-state index in [1.165, 1.54) is 0 Å². The maximum atomic E-state index is 5.36. The summed E-state index contributed by atoms with van der Waals surface area (Å²) in [6.45, 7) is 10.2. The zero-order valence-electron chi connectivity index (χ0n) is 10.9. The fraction of sp³-hybridized carbons (Fsp3) is 0.667. The summed E-state index contributed by atoms with van der Waals surface area (Å²) >= 11 is 0. The van der Waals surface area contributed by atoms with Crippen molar-refractivity contribution in [2.24, 2.45) is 0 Å². The second-order valence-electron chi connectivity index (χ2n) is 3.55. The number of nitrogens with one attached hydrogen (secondary N) is 1. The summed E-state index contributed by atoms with van der Waals surface area (Å²) in [5.41, 5.74) is 0. The number of hydrogen-bond acceptors (Lipinski definition) is 5. The molecule has 1 rings (SSSR count). The zero-order chi connectivity index (χ0) is 12.5. The fourth-order valence-corrected chi connectivity index (χ4v) is 1.52. The number of nitrogens with zero attached hydrogens (tertiary/aromatic N) is 3. The van der Waals surface area contributed by atoms with Crippen LogP contribution in [-0.2, 0) is 4.74 Å². The van der Waals surface area contributed by atoms with Crippen LogP contribution in [0.2, 0.25) is 0 Å². The molecule has 0 unspecified atom stereocenters. The van der Waals surface area contributed by atoms with Crippen LogP contribution in [-0.4, -0.2) is 42.8 Å². The van der Waals surface area contributed by atoms with E-state index >= 15 is 0 Å². The molecule has 96 valence electrons. The van der Waals surface area contributed by atoms with Gasteiger partial charge >= 0.3 is 0 Å². The van der Waals surface area contributed by atoms with Gasteiger partial charge in [-0.2, -0.15) is 4.98 Å². The third-order valence-electron chi connectivity index (χ3n) is 2.39. The number of ether oxygens (including phenoxy) is 1. The molecule has 0 fully saturated rings. The number of anilines is 2. The molecule has 0 amide bonds. The summed E-state index contributed by atoms with van der Waals surface area (Å²) < 4.78 is 5.36. The lowest BCUT2D eigenvalue weighted by Crippen LogP contribution is -2.28. The molecule has 5 nitrogen and oxygen atoms in total. The number of likely N-dealkylation sites (N-methyl/N-ethyl adjacent to an activating group) is 1. The Morgan fingerprint density at radius 3 is 2.82 bits per heavy atom. The summed E-state index contributed by atoms with van der Waals surface area (Å²) in [4.78, 5) is 10.8. The molecule has 0 aliphatic heterocycles. The van der Waals surface area contributed by atoms with E-state index in [0.29, 0.717) is 5.95 Å². The van der Waals surface area contributed by atoms with E-state index in [0.717, 1.165) is 38.7 Å². The zero-order valence-corrected chi connectivity index (χ0v) is 10.9. The van der Waals surface area contributed by atoms with Gasteiger partial charge in [-0.15, -0.1) is 0 Å². The molecule has 0 spiro atoms. The molecule has 1 N–H and O–H groups in total. The van der Waals surface area contributed by atoms with Crippen LogP contribution in [0.3, 0.4) is 0 Å². The summed E-state index contributed by atoms with van der Waals surface area (Å²) in [5, 5.41) is 3.11. The number of aromatic nitrogens is 2. The van der Waals surface area contributed by atoms with Gasteiger partial charge in [0.25, 0.3) is 0 Å². The monoisotopic (exact) mass is 238 g/mol. The minimum atomic E-state index is 0.680. The van der Waals surface area contributed by atoms with Gasteiger partial charge in [0.1, 0.15) is 5.82 Å². The van der Waals surface area contributed by atoms with Crippen LogP contribution >= 0.6 is 0 Å². The van der Waals surface area contributed by atoms with E-state index in [9.17, 15) is 0 Å². The van der Waals surface area contributed by atoms with Crippen LogP contribution in [0.15, 0.2) is 12.3 Å². The lowest BCUT2D eigenvalue weighted by molar-refractivity contribution is 0.154. The average molecular weight is 238 g/mol. The first-order chi connectivity index (χ1) is 8.31. The van der Waals surface area contributed by atoms with Gasteiger partial charge in [-0.1, -0.05) is 0 Å². The predicted octanol–water partition coefficient (Wildman–Crippen LogP) is 1.77. The molecule has 17 heavy (non-hydrogen) atoms. The van der Waals surface area contributed by atoms with Gasteiger partial charge in [0, 0.05) is 32.4 Å². The highest BCUT2D eigenvalue weighted by atomic mass is 16.5. The molecular weight excluding hydrogens is 216 g/mol. The summed E-state index contributed by atoms with van der Waals surface area (Å²) in [6, 6.07) is 1.93. The minimum absolute atomic E-state index is 0.680. The van der Waals surface area contributed by atoms with Gasteiger partial charge in [-0.3, -0.25) is 0 Å². The SMILES string of the molecule is CCNc1nccc(N(CC)CCOCC)n1. The molecule has 1 aromatic heterocycles. The molecule has 0 saturated carbocycles. The van der Waals surface area contributed by atoms with Crippen LogP contribution in [0.25, 0.3) is 0 Å². The van der Waals surface area contributed by atoms with Gasteiger partial charge in [-0.05, 0) is 26.8 Å². The Morgan fingerprint density at radius 1 is 1.35 bits per heavy atom. The topological polar surface area (TPSA) is 50.3 Å². The van der Waals surface area contributed by atoms with Crippen molar-refractivity contribution in [3.8, 4) is 0 Å². The van der Waals surface area contributed by atoms with E-state index in [1.54, 1.807) is 6.20 Å². The highest BCUT2D eigenvalue weighted by Crippen LogP contribution is 2.11. The van der Waals surface area contributed by atoms with Crippen LogP contribution in [0, 0.1) is 0 Å². The first-order valence-corrected chi connectivity index (χ1v) is 6.21. The first kappa shape index (κ1) is 13.7. The Bertz CT molecular complexity index is 319. The third kappa shape index (κ3) is 4.56. The van der Waals surface area contributed by atoms with Crippen molar-refractivity contribution in [1.29, 1.82) is 0 Å². The van der Waals surface area contributed by atoms with E-state index < -0.39 is 0 Å². The lowest BCUT2D eigenvalue weighted by atomic mass is 10.4. The van der Waals surface area contributed by atoms with Crippen molar-refractivity contribution in [3.63, 3.8) is 0 Å². The number of hydrogen-bond donors (Lipinski definition) is 1. The van der Waals surface area contributed by atoms with Gasteiger partial charge in [0.2, 0.25) is 5.95 Å². The molecule has 0 aliphatic carbocycles. The molecule has 0 radical (unpaired) electrons. The van der Waals surface area contributed by atoms with Gasteiger partial charge in [0.05, 0.1) is 6.61 Å². The normalized spacial score (nSPS) is 10.3. The van der Waals surface area contributed by atoms with E-state index in [1.807, 2.05) is 19.9 Å². The van der Waals surface area contributed by atoms with Crippen LogP contribution in [0.5, 0.6) is 0 Å². The molecule has 1 aromatic rings. The van der Waals surface area contributed by atoms with Crippen LogP contribution in [0.4, 0.5) is 11.8 Å². The fourth-order valence-electron chi connectivity index (χ4n) is 1.52. The van der Waals surface area contributed by atoms with Gasteiger partial charge in [0.15, 0.2) is 0 Å². The first-order valence-electron chi connectivity index (χ1n) is 6.21. The summed E-state index contributed by atoms with van der Waals surface area (Å²) in [6.07, 6.45) is 1.78. The van der Waals surface area contributed by atoms with Crippen molar-refractivity contribution in [2.45, 2.75) is 20.8 Å². The molecule has 5 heteroatoms. The highest BCUT2D eigenvalue weighted by Gasteiger charge is 2.06. The van der Waals surface area contributed by atoms with E-state index in [4.69, 9.17) is 4.74 Å². The Morgan fingerprint density at radius 2 is 2.18 bits per heavy atom. The second kappa shape index (κ2) is 7.84. The smallest absolute Gasteiger partial charge is 0.224 e. The van der Waals surface area contributed by atoms with Crippen molar-refractivity contribution in [3.05, 3.63) is 12.3 Å². The van der Waals surface area contributed by atoms with Crippen molar-refractivity contribution < 1.29 is 4.74 Å².